The Morgan fingerprint density at radius 2 is 2.04 bits per heavy atom. The average Bonchev–Trinajstić information content (AvgIpc) is 3.08. The Bertz CT molecular complexity index is 838. The fourth-order valence-electron chi connectivity index (χ4n) is 2.16. The summed E-state index contributed by atoms with van der Waals surface area (Å²) in [5.74, 6) is 1.42. The minimum absolute atomic E-state index is 0.124. The van der Waals surface area contributed by atoms with E-state index in [4.69, 9.17) is 4.74 Å². The molecule has 8 heteroatoms. The van der Waals surface area contributed by atoms with Gasteiger partial charge in [-0.3, -0.25) is 4.79 Å². The van der Waals surface area contributed by atoms with Crippen molar-refractivity contribution >= 4 is 23.4 Å². The summed E-state index contributed by atoms with van der Waals surface area (Å²) in [7, 11) is 0. The zero-order valence-corrected chi connectivity index (χ0v) is 14.4. The van der Waals surface area contributed by atoms with E-state index in [-0.39, 0.29) is 5.91 Å². The highest BCUT2D eigenvalue weighted by molar-refractivity contribution is 7.99. The van der Waals surface area contributed by atoms with Gasteiger partial charge in [-0.1, -0.05) is 36.0 Å². The van der Waals surface area contributed by atoms with Crippen molar-refractivity contribution in [2.45, 2.75) is 12.1 Å². The SMILES string of the molecule is CC(=O)Nc1cccc(-n2nnnc2SCCOc2ccccc2)c1. The summed E-state index contributed by atoms with van der Waals surface area (Å²) in [6, 6.07) is 17.0. The van der Waals surface area contributed by atoms with Gasteiger partial charge in [0.1, 0.15) is 5.75 Å². The molecule has 0 spiro atoms. The second kappa shape index (κ2) is 8.29. The monoisotopic (exact) mass is 355 g/mol. The number of thioether (sulfide) groups is 1. The lowest BCUT2D eigenvalue weighted by Gasteiger charge is -2.08. The summed E-state index contributed by atoms with van der Waals surface area (Å²) in [6.07, 6.45) is 0. The van der Waals surface area contributed by atoms with Gasteiger partial charge in [-0.2, -0.15) is 4.68 Å². The number of carbonyl (C=O) groups is 1. The zero-order chi connectivity index (χ0) is 17.5. The van der Waals surface area contributed by atoms with E-state index >= 15 is 0 Å². The first-order chi connectivity index (χ1) is 12.2. The number of rotatable bonds is 7. The van der Waals surface area contributed by atoms with Crippen molar-refractivity contribution < 1.29 is 9.53 Å². The average molecular weight is 355 g/mol. The number of ether oxygens (including phenoxy) is 1. The number of nitrogens with zero attached hydrogens (tertiary/aromatic N) is 4. The van der Waals surface area contributed by atoms with Gasteiger partial charge in [-0.15, -0.1) is 5.10 Å². The molecule has 0 aliphatic rings. The molecule has 0 saturated carbocycles. The van der Waals surface area contributed by atoms with Gasteiger partial charge in [0.25, 0.3) is 0 Å². The molecule has 0 fully saturated rings. The highest BCUT2D eigenvalue weighted by atomic mass is 32.2. The summed E-state index contributed by atoms with van der Waals surface area (Å²) in [5, 5.41) is 15.2. The van der Waals surface area contributed by atoms with Gasteiger partial charge in [0.2, 0.25) is 11.1 Å². The van der Waals surface area contributed by atoms with Crippen LogP contribution in [-0.2, 0) is 4.79 Å². The number of hydrogen-bond acceptors (Lipinski definition) is 6. The van der Waals surface area contributed by atoms with E-state index in [9.17, 15) is 4.79 Å². The second-order valence-corrected chi connectivity index (χ2v) is 6.18. The molecule has 1 N–H and O–H groups in total. The van der Waals surface area contributed by atoms with Crippen LogP contribution in [0.5, 0.6) is 5.75 Å². The Morgan fingerprint density at radius 3 is 2.84 bits per heavy atom. The first kappa shape index (κ1) is 17.0. The molecule has 0 aliphatic carbocycles. The Kier molecular flexibility index (Phi) is 5.63. The Hall–Kier alpha value is -2.87. The number of para-hydroxylation sites is 1. The van der Waals surface area contributed by atoms with Crippen LogP contribution in [0.4, 0.5) is 5.69 Å². The minimum atomic E-state index is -0.124. The van der Waals surface area contributed by atoms with Gasteiger partial charge in [0.05, 0.1) is 12.3 Å². The number of hydrogen-bond donors (Lipinski definition) is 1. The molecule has 128 valence electrons. The molecule has 3 rings (SSSR count). The van der Waals surface area contributed by atoms with Crippen LogP contribution in [0, 0.1) is 0 Å². The second-order valence-electron chi connectivity index (χ2n) is 5.11. The van der Waals surface area contributed by atoms with Gasteiger partial charge in [-0.05, 0) is 40.8 Å². The molecule has 0 saturated heterocycles. The van der Waals surface area contributed by atoms with Crippen LogP contribution < -0.4 is 10.1 Å². The molecule has 1 aromatic heterocycles. The van der Waals surface area contributed by atoms with Gasteiger partial charge in [0.15, 0.2) is 0 Å². The van der Waals surface area contributed by atoms with E-state index < -0.39 is 0 Å². The molecule has 1 heterocycles. The quantitative estimate of drug-likeness (QED) is 0.518. The van der Waals surface area contributed by atoms with E-state index in [0.29, 0.717) is 23.2 Å². The topological polar surface area (TPSA) is 81.9 Å². The number of benzene rings is 2. The molecule has 2 aromatic carbocycles. The van der Waals surface area contributed by atoms with Crippen LogP contribution in [0.15, 0.2) is 59.8 Å². The molecule has 1 amide bonds. The maximum atomic E-state index is 11.2. The smallest absolute Gasteiger partial charge is 0.221 e. The van der Waals surface area contributed by atoms with Crippen molar-refractivity contribution in [2.75, 3.05) is 17.7 Å². The molecule has 0 radical (unpaired) electrons. The molecule has 0 atom stereocenters. The summed E-state index contributed by atoms with van der Waals surface area (Å²) < 4.78 is 7.30. The van der Waals surface area contributed by atoms with Gasteiger partial charge >= 0.3 is 0 Å². The van der Waals surface area contributed by atoms with Gasteiger partial charge in [0, 0.05) is 18.4 Å². The Morgan fingerprint density at radius 1 is 1.20 bits per heavy atom. The molecule has 0 bridgehead atoms. The summed E-state index contributed by atoms with van der Waals surface area (Å²) in [5.41, 5.74) is 1.48. The van der Waals surface area contributed by atoms with Crippen LogP contribution in [0.1, 0.15) is 6.92 Å². The van der Waals surface area contributed by atoms with Crippen molar-refractivity contribution in [3.05, 3.63) is 54.6 Å². The normalized spacial score (nSPS) is 10.4. The highest BCUT2D eigenvalue weighted by Gasteiger charge is 2.10. The predicted molar refractivity (Wildman–Crippen MR) is 96.1 cm³/mol. The molecule has 3 aromatic rings. The van der Waals surface area contributed by atoms with Crippen molar-refractivity contribution in [1.29, 1.82) is 0 Å². The number of carbonyl (C=O) groups excluding carboxylic acids is 1. The molecule has 25 heavy (non-hydrogen) atoms. The molecular weight excluding hydrogens is 338 g/mol. The van der Waals surface area contributed by atoms with Gasteiger partial charge < -0.3 is 10.1 Å². The van der Waals surface area contributed by atoms with E-state index in [1.165, 1.54) is 18.7 Å². The standard InChI is InChI=1S/C17H17N5O2S/c1-13(23)18-14-6-5-7-15(12-14)22-17(19-20-21-22)25-11-10-24-16-8-3-2-4-9-16/h2-9,12H,10-11H2,1H3,(H,18,23). The van der Waals surface area contributed by atoms with Crippen LogP contribution in [0.25, 0.3) is 5.69 Å². The van der Waals surface area contributed by atoms with E-state index in [0.717, 1.165) is 11.4 Å². The lowest BCUT2D eigenvalue weighted by atomic mass is 10.3. The minimum Gasteiger partial charge on any atom is -0.493 e. The molecule has 0 unspecified atom stereocenters. The van der Waals surface area contributed by atoms with Crippen LogP contribution in [0.2, 0.25) is 0 Å². The van der Waals surface area contributed by atoms with Crippen molar-refractivity contribution in [3.8, 4) is 11.4 Å². The first-order valence-electron chi connectivity index (χ1n) is 7.69. The fourth-order valence-corrected chi connectivity index (χ4v) is 2.87. The van der Waals surface area contributed by atoms with Crippen molar-refractivity contribution in [1.82, 2.24) is 20.2 Å². The number of amides is 1. The lowest BCUT2D eigenvalue weighted by Crippen LogP contribution is -2.07. The van der Waals surface area contributed by atoms with E-state index in [2.05, 4.69) is 20.8 Å². The number of anilines is 1. The Labute approximate surface area is 149 Å². The summed E-state index contributed by atoms with van der Waals surface area (Å²) in [6.45, 7) is 2.02. The molecular formula is C17H17N5O2S. The van der Waals surface area contributed by atoms with Crippen molar-refractivity contribution in [2.24, 2.45) is 0 Å². The third-order valence-corrected chi connectivity index (χ3v) is 4.06. The fraction of sp³-hybridized carbons (Fsp3) is 0.176. The summed E-state index contributed by atoms with van der Waals surface area (Å²) in [4.78, 5) is 11.2. The maximum absolute atomic E-state index is 11.2. The maximum Gasteiger partial charge on any atom is 0.221 e. The van der Waals surface area contributed by atoms with Crippen LogP contribution in [-0.4, -0.2) is 38.5 Å². The van der Waals surface area contributed by atoms with E-state index in [1.54, 1.807) is 4.68 Å². The van der Waals surface area contributed by atoms with Crippen molar-refractivity contribution in [3.63, 3.8) is 0 Å². The highest BCUT2D eigenvalue weighted by Crippen LogP contribution is 2.20. The zero-order valence-electron chi connectivity index (χ0n) is 13.6. The number of tetrazole rings is 1. The molecule has 0 aliphatic heterocycles. The van der Waals surface area contributed by atoms with Crippen LogP contribution >= 0.6 is 11.8 Å². The van der Waals surface area contributed by atoms with Gasteiger partial charge in [-0.25, -0.2) is 0 Å². The molecule has 7 nitrogen and oxygen atoms in total. The predicted octanol–water partition coefficient (Wildman–Crippen LogP) is 2.79. The number of aromatic nitrogens is 4. The lowest BCUT2D eigenvalue weighted by molar-refractivity contribution is -0.114. The van der Waals surface area contributed by atoms with Crippen LogP contribution in [0.3, 0.4) is 0 Å². The third-order valence-electron chi connectivity index (χ3n) is 3.18. The van der Waals surface area contributed by atoms with E-state index in [1.807, 2.05) is 54.6 Å². The first-order valence-corrected chi connectivity index (χ1v) is 8.68. The third kappa shape index (κ3) is 4.80. The largest absolute Gasteiger partial charge is 0.493 e. The number of nitrogens with one attached hydrogen (secondary N) is 1. The Balaban J connectivity index is 1.61. The summed E-state index contributed by atoms with van der Waals surface area (Å²) >= 11 is 1.50.